The summed E-state index contributed by atoms with van der Waals surface area (Å²) in [5.41, 5.74) is 0. The van der Waals surface area contributed by atoms with E-state index in [1.807, 2.05) is 35.4 Å². The summed E-state index contributed by atoms with van der Waals surface area (Å²) in [6, 6.07) is 7.85. The van der Waals surface area contributed by atoms with Gasteiger partial charge in [-0.15, -0.1) is 21.5 Å². The standard InChI is InChI=1S/C18H20N4O2S/c1-13-19-20-17-7-6-14(10-22(13)17)18(23)21(11-15-4-2-8-24-15)12-16-5-3-9-25-16/h2-5,8-9,14H,6-7,10-12H2,1H3. The van der Waals surface area contributed by atoms with Crippen LogP contribution in [0, 0.1) is 12.8 Å². The zero-order chi connectivity index (χ0) is 17.2. The summed E-state index contributed by atoms with van der Waals surface area (Å²) in [6.45, 7) is 3.71. The van der Waals surface area contributed by atoms with Crippen LogP contribution in [0.4, 0.5) is 0 Å². The third-order valence-corrected chi connectivity index (χ3v) is 5.51. The average Bonchev–Trinajstić information content (AvgIpc) is 3.37. The third-order valence-electron chi connectivity index (χ3n) is 4.65. The topological polar surface area (TPSA) is 64.2 Å². The summed E-state index contributed by atoms with van der Waals surface area (Å²) in [7, 11) is 0. The van der Waals surface area contributed by atoms with E-state index in [1.54, 1.807) is 17.6 Å². The van der Waals surface area contributed by atoms with Gasteiger partial charge in [-0.25, -0.2) is 0 Å². The summed E-state index contributed by atoms with van der Waals surface area (Å²) in [4.78, 5) is 16.3. The minimum atomic E-state index is -0.0443. The third kappa shape index (κ3) is 3.37. The number of rotatable bonds is 5. The Balaban J connectivity index is 1.53. The smallest absolute Gasteiger partial charge is 0.228 e. The molecule has 1 unspecified atom stereocenters. The van der Waals surface area contributed by atoms with Crippen molar-refractivity contribution >= 4 is 17.2 Å². The number of carbonyl (C=O) groups is 1. The van der Waals surface area contributed by atoms with Crippen molar-refractivity contribution in [3.8, 4) is 0 Å². The first kappa shape index (κ1) is 16.1. The zero-order valence-corrected chi connectivity index (χ0v) is 14.9. The molecule has 25 heavy (non-hydrogen) atoms. The highest BCUT2D eigenvalue weighted by molar-refractivity contribution is 7.09. The average molecular weight is 356 g/mol. The van der Waals surface area contributed by atoms with Gasteiger partial charge in [0.15, 0.2) is 0 Å². The van der Waals surface area contributed by atoms with Gasteiger partial charge in [0, 0.05) is 17.8 Å². The molecule has 0 aliphatic carbocycles. The van der Waals surface area contributed by atoms with Crippen molar-refractivity contribution in [2.75, 3.05) is 0 Å². The maximum absolute atomic E-state index is 13.2. The van der Waals surface area contributed by atoms with Crippen LogP contribution in [0.1, 0.15) is 28.7 Å². The predicted molar refractivity (Wildman–Crippen MR) is 93.9 cm³/mol. The van der Waals surface area contributed by atoms with E-state index < -0.39 is 0 Å². The predicted octanol–water partition coefficient (Wildman–Crippen LogP) is 3.03. The molecule has 0 saturated carbocycles. The van der Waals surface area contributed by atoms with Gasteiger partial charge in [-0.05, 0) is 36.9 Å². The van der Waals surface area contributed by atoms with Crippen LogP contribution in [0.25, 0.3) is 0 Å². The largest absolute Gasteiger partial charge is 0.467 e. The van der Waals surface area contributed by atoms with Gasteiger partial charge in [-0.3, -0.25) is 4.79 Å². The molecule has 130 valence electrons. The summed E-state index contributed by atoms with van der Waals surface area (Å²) >= 11 is 1.67. The fourth-order valence-electron chi connectivity index (χ4n) is 3.32. The SMILES string of the molecule is Cc1nnc2n1CC(C(=O)N(Cc1ccco1)Cc1cccs1)CC2. The number of hydrogen-bond acceptors (Lipinski definition) is 5. The van der Waals surface area contributed by atoms with E-state index in [0.717, 1.165) is 30.3 Å². The van der Waals surface area contributed by atoms with E-state index in [4.69, 9.17) is 4.42 Å². The maximum Gasteiger partial charge on any atom is 0.228 e. The summed E-state index contributed by atoms with van der Waals surface area (Å²) < 4.78 is 7.54. The number of aryl methyl sites for hydroxylation is 2. The second kappa shape index (κ2) is 6.84. The highest BCUT2D eigenvalue weighted by Crippen LogP contribution is 2.24. The van der Waals surface area contributed by atoms with Crippen LogP contribution in [-0.2, 0) is 30.8 Å². The molecular weight excluding hydrogens is 336 g/mol. The number of amides is 1. The van der Waals surface area contributed by atoms with Crippen LogP contribution in [-0.4, -0.2) is 25.6 Å². The molecule has 0 radical (unpaired) electrons. The molecule has 1 aliphatic heterocycles. The first-order valence-electron chi connectivity index (χ1n) is 8.43. The lowest BCUT2D eigenvalue weighted by atomic mass is 9.97. The van der Waals surface area contributed by atoms with Gasteiger partial charge in [-0.1, -0.05) is 6.07 Å². The molecule has 3 aromatic rings. The molecule has 6 nitrogen and oxygen atoms in total. The van der Waals surface area contributed by atoms with Crippen molar-refractivity contribution < 1.29 is 9.21 Å². The van der Waals surface area contributed by atoms with E-state index in [0.29, 0.717) is 19.6 Å². The van der Waals surface area contributed by atoms with Crippen LogP contribution >= 0.6 is 11.3 Å². The van der Waals surface area contributed by atoms with Crippen molar-refractivity contribution in [1.82, 2.24) is 19.7 Å². The number of thiophene rings is 1. The Bertz CT molecular complexity index is 802. The molecule has 1 amide bonds. The molecule has 1 atom stereocenters. The fraction of sp³-hybridized carbons (Fsp3) is 0.389. The van der Waals surface area contributed by atoms with Crippen LogP contribution in [0.3, 0.4) is 0 Å². The number of furan rings is 1. The van der Waals surface area contributed by atoms with Crippen molar-refractivity contribution in [3.63, 3.8) is 0 Å². The Kier molecular flexibility index (Phi) is 4.40. The lowest BCUT2D eigenvalue weighted by molar-refractivity contribution is -0.138. The van der Waals surface area contributed by atoms with Gasteiger partial charge < -0.3 is 13.9 Å². The van der Waals surface area contributed by atoms with E-state index in [9.17, 15) is 4.79 Å². The normalized spacial score (nSPS) is 16.6. The molecule has 0 N–H and O–H groups in total. The second-order valence-corrected chi connectivity index (χ2v) is 7.39. The Morgan fingerprint density at radius 2 is 2.28 bits per heavy atom. The zero-order valence-electron chi connectivity index (χ0n) is 14.1. The molecule has 0 spiro atoms. The summed E-state index contributed by atoms with van der Waals surface area (Å²) in [5.74, 6) is 2.79. The molecule has 1 aliphatic rings. The van der Waals surface area contributed by atoms with Crippen LogP contribution in [0.2, 0.25) is 0 Å². The van der Waals surface area contributed by atoms with Gasteiger partial charge >= 0.3 is 0 Å². The Morgan fingerprint density at radius 1 is 1.36 bits per heavy atom. The van der Waals surface area contributed by atoms with Gasteiger partial charge in [0.2, 0.25) is 5.91 Å². The number of aromatic nitrogens is 3. The van der Waals surface area contributed by atoms with Crippen molar-refractivity contribution in [1.29, 1.82) is 0 Å². The minimum absolute atomic E-state index is 0.0443. The molecule has 4 rings (SSSR count). The van der Waals surface area contributed by atoms with Crippen molar-refractivity contribution in [2.24, 2.45) is 5.92 Å². The van der Waals surface area contributed by atoms with E-state index in [2.05, 4.69) is 20.8 Å². The lowest BCUT2D eigenvalue weighted by Crippen LogP contribution is -2.39. The Morgan fingerprint density at radius 3 is 3.04 bits per heavy atom. The van der Waals surface area contributed by atoms with Crippen LogP contribution in [0.5, 0.6) is 0 Å². The summed E-state index contributed by atoms with van der Waals surface area (Å²) in [5, 5.41) is 10.4. The first-order valence-corrected chi connectivity index (χ1v) is 9.31. The van der Waals surface area contributed by atoms with Crippen molar-refractivity contribution in [2.45, 2.75) is 39.4 Å². The highest BCUT2D eigenvalue weighted by atomic mass is 32.1. The summed E-state index contributed by atoms with van der Waals surface area (Å²) in [6.07, 6.45) is 3.26. The van der Waals surface area contributed by atoms with E-state index in [1.165, 1.54) is 4.88 Å². The number of fused-ring (bicyclic) bond motifs is 1. The molecule has 0 bridgehead atoms. The molecule has 7 heteroatoms. The quantitative estimate of drug-likeness (QED) is 0.705. The Hall–Kier alpha value is -2.41. The number of hydrogen-bond donors (Lipinski definition) is 0. The molecular formula is C18H20N4O2S. The first-order chi connectivity index (χ1) is 12.2. The van der Waals surface area contributed by atoms with Crippen molar-refractivity contribution in [3.05, 3.63) is 58.2 Å². The fourth-order valence-corrected chi connectivity index (χ4v) is 4.03. The molecule has 0 saturated heterocycles. The number of nitrogens with zero attached hydrogens (tertiary/aromatic N) is 4. The number of carbonyl (C=O) groups excluding carboxylic acids is 1. The maximum atomic E-state index is 13.2. The van der Waals surface area contributed by atoms with Gasteiger partial charge in [0.05, 0.1) is 25.3 Å². The monoisotopic (exact) mass is 356 g/mol. The van der Waals surface area contributed by atoms with Crippen LogP contribution in [0.15, 0.2) is 40.3 Å². The molecule has 4 heterocycles. The lowest BCUT2D eigenvalue weighted by Gasteiger charge is -2.29. The van der Waals surface area contributed by atoms with E-state index >= 15 is 0 Å². The van der Waals surface area contributed by atoms with Gasteiger partial charge in [0.25, 0.3) is 0 Å². The second-order valence-electron chi connectivity index (χ2n) is 6.36. The molecule has 0 fully saturated rings. The Labute approximate surface area is 150 Å². The molecule has 0 aromatic carbocycles. The van der Waals surface area contributed by atoms with Gasteiger partial charge in [-0.2, -0.15) is 0 Å². The highest BCUT2D eigenvalue weighted by Gasteiger charge is 2.30. The molecule has 3 aromatic heterocycles. The minimum Gasteiger partial charge on any atom is -0.467 e. The van der Waals surface area contributed by atoms with Gasteiger partial charge in [0.1, 0.15) is 17.4 Å². The van der Waals surface area contributed by atoms with Crippen LogP contribution < -0.4 is 0 Å². The van der Waals surface area contributed by atoms with E-state index in [-0.39, 0.29) is 11.8 Å².